The summed E-state index contributed by atoms with van der Waals surface area (Å²) >= 11 is 0. The molecule has 28 heavy (non-hydrogen) atoms. The SMILES string of the molecule is CCc1ccc(CN(C)C(=NC)NCCc2cccc(C(=O)NC)c2)cc1.I. The Kier molecular flexibility index (Phi) is 10.6. The van der Waals surface area contributed by atoms with Crippen LogP contribution in [0.4, 0.5) is 0 Å². The van der Waals surface area contributed by atoms with Crippen LogP contribution in [0.25, 0.3) is 0 Å². The van der Waals surface area contributed by atoms with Crippen molar-refractivity contribution in [3.8, 4) is 0 Å². The molecule has 152 valence electrons. The molecule has 0 fully saturated rings. The number of guanidine groups is 1. The molecule has 0 saturated carbocycles. The number of benzene rings is 2. The zero-order valence-electron chi connectivity index (χ0n) is 17.2. The van der Waals surface area contributed by atoms with E-state index in [0.29, 0.717) is 5.56 Å². The minimum absolute atomic E-state index is 0. The van der Waals surface area contributed by atoms with Gasteiger partial charge in [-0.25, -0.2) is 0 Å². The summed E-state index contributed by atoms with van der Waals surface area (Å²) in [5, 5.41) is 6.06. The Labute approximate surface area is 185 Å². The summed E-state index contributed by atoms with van der Waals surface area (Å²) in [6.07, 6.45) is 1.88. The third-order valence-corrected chi connectivity index (χ3v) is 4.54. The maximum absolute atomic E-state index is 11.7. The quantitative estimate of drug-likeness (QED) is 0.352. The van der Waals surface area contributed by atoms with Crippen molar-refractivity contribution in [3.63, 3.8) is 0 Å². The van der Waals surface area contributed by atoms with E-state index in [1.54, 1.807) is 14.1 Å². The summed E-state index contributed by atoms with van der Waals surface area (Å²) in [5.41, 5.74) is 4.42. The first-order valence-corrected chi connectivity index (χ1v) is 9.38. The summed E-state index contributed by atoms with van der Waals surface area (Å²) in [6, 6.07) is 16.4. The number of nitrogens with zero attached hydrogens (tertiary/aromatic N) is 2. The second-order valence-electron chi connectivity index (χ2n) is 6.53. The first-order chi connectivity index (χ1) is 13.1. The summed E-state index contributed by atoms with van der Waals surface area (Å²) < 4.78 is 0. The van der Waals surface area contributed by atoms with Crippen molar-refractivity contribution in [1.82, 2.24) is 15.5 Å². The van der Waals surface area contributed by atoms with Gasteiger partial charge in [-0.1, -0.05) is 43.3 Å². The normalized spacial score (nSPS) is 10.8. The predicted octanol–water partition coefficient (Wildman–Crippen LogP) is 3.48. The summed E-state index contributed by atoms with van der Waals surface area (Å²) in [6.45, 7) is 3.72. The molecular formula is C22H31IN4O. The van der Waals surface area contributed by atoms with E-state index in [-0.39, 0.29) is 29.9 Å². The third-order valence-electron chi connectivity index (χ3n) is 4.54. The molecule has 5 nitrogen and oxygen atoms in total. The molecule has 2 aromatic rings. The van der Waals surface area contributed by atoms with Gasteiger partial charge in [-0.05, 0) is 41.7 Å². The van der Waals surface area contributed by atoms with Crippen molar-refractivity contribution in [2.45, 2.75) is 26.3 Å². The molecule has 0 spiro atoms. The van der Waals surface area contributed by atoms with E-state index < -0.39 is 0 Å². The number of halogens is 1. The second-order valence-corrected chi connectivity index (χ2v) is 6.53. The summed E-state index contributed by atoms with van der Waals surface area (Å²) in [7, 11) is 5.48. The van der Waals surface area contributed by atoms with Crippen LogP contribution in [0.5, 0.6) is 0 Å². The summed E-state index contributed by atoms with van der Waals surface area (Å²) in [4.78, 5) is 18.2. The molecule has 0 unspecified atom stereocenters. The van der Waals surface area contributed by atoms with E-state index in [1.165, 1.54) is 11.1 Å². The van der Waals surface area contributed by atoms with Crippen LogP contribution in [0.3, 0.4) is 0 Å². The van der Waals surface area contributed by atoms with Crippen molar-refractivity contribution in [2.75, 3.05) is 27.7 Å². The highest BCUT2D eigenvalue weighted by molar-refractivity contribution is 14.0. The number of carbonyl (C=O) groups excluding carboxylic acids is 1. The van der Waals surface area contributed by atoms with Gasteiger partial charge in [0.05, 0.1) is 0 Å². The van der Waals surface area contributed by atoms with E-state index in [0.717, 1.165) is 37.5 Å². The lowest BCUT2D eigenvalue weighted by Gasteiger charge is -2.22. The number of nitrogens with one attached hydrogen (secondary N) is 2. The van der Waals surface area contributed by atoms with E-state index in [4.69, 9.17) is 0 Å². The van der Waals surface area contributed by atoms with Gasteiger partial charge in [0.2, 0.25) is 0 Å². The zero-order valence-corrected chi connectivity index (χ0v) is 19.5. The Morgan fingerprint density at radius 3 is 2.36 bits per heavy atom. The number of carbonyl (C=O) groups is 1. The van der Waals surface area contributed by atoms with E-state index in [1.807, 2.05) is 31.3 Å². The molecular weight excluding hydrogens is 463 g/mol. The van der Waals surface area contributed by atoms with Gasteiger partial charge in [0, 0.05) is 39.8 Å². The van der Waals surface area contributed by atoms with Gasteiger partial charge in [0.1, 0.15) is 0 Å². The van der Waals surface area contributed by atoms with Crippen LogP contribution in [0, 0.1) is 0 Å². The summed E-state index contributed by atoms with van der Waals surface area (Å²) in [5.74, 6) is 0.798. The van der Waals surface area contributed by atoms with Gasteiger partial charge in [-0.2, -0.15) is 0 Å². The van der Waals surface area contributed by atoms with Crippen molar-refractivity contribution in [3.05, 3.63) is 70.8 Å². The van der Waals surface area contributed by atoms with E-state index >= 15 is 0 Å². The van der Waals surface area contributed by atoms with Crippen molar-refractivity contribution in [1.29, 1.82) is 0 Å². The van der Waals surface area contributed by atoms with E-state index in [2.05, 4.69) is 51.7 Å². The first kappa shape index (κ1) is 23.9. The molecule has 0 aliphatic carbocycles. The molecule has 2 rings (SSSR count). The van der Waals surface area contributed by atoms with Crippen molar-refractivity contribution < 1.29 is 4.79 Å². The molecule has 2 N–H and O–H groups in total. The van der Waals surface area contributed by atoms with Crippen LogP contribution in [-0.4, -0.2) is 44.5 Å². The smallest absolute Gasteiger partial charge is 0.251 e. The van der Waals surface area contributed by atoms with Crippen LogP contribution in [-0.2, 0) is 19.4 Å². The molecule has 0 saturated heterocycles. The average Bonchev–Trinajstić information content (AvgIpc) is 2.71. The minimum Gasteiger partial charge on any atom is -0.356 e. The topological polar surface area (TPSA) is 56.7 Å². The molecule has 6 heteroatoms. The zero-order chi connectivity index (χ0) is 19.6. The highest BCUT2D eigenvalue weighted by Gasteiger charge is 2.07. The molecule has 0 atom stereocenters. The van der Waals surface area contributed by atoms with Gasteiger partial charge < -0.3 is 15.5 Å². The van der Waals surface area contributed by atoms with Gasteiger partial charge in [0.15, 0.2) is 5.96 Å². The second kappa shape index (κ2) is 12.4. The van der Waals surface area contributed by atoms with Crippen LogP contribution < -0.4 is 10.6 Å². The fourth-order valence-corrected chi connectivity index (χ4v) is 2.94. The third kappa shape index (κ3) is 7.14. The molecule has 0 aromatic heterocycles. The number of rotatable bonds is 7. The number of aryl methyl sites for hydroxylation is 1. The monoisotopic (exact) mass is 494 g/mol. The van der Waals surface area contributed by atoms with Crippen LogP contribution in [0.2, 0.25) is 0 Å². The lowest BCUT2D eigenvalue weighted by Crippen LogP contribution is -2.39. The number of hydrogen-bond donors (Lipinski definition) is 2. The largest absolute Gasteiger partial charge is 0.356 e. The van der Waals surface area contributed by atoms with Crippen molar-refractivity contribution >= 4 is 35.8 Å². The highest BCUT2D eigenvalue weighted by Crippen LogP contribution is 2.08. The maximum Gasteiger partial charge on any atom is 0.251 e. The molecule has 0 radical (unpaired) electrons. The van der Waals surface area contributed by atoms with Crippen LogP contribution >= 0.6 is 24.0 Å². The van der Waals surface area contributed by atoms with Gasteiger partial charge >= 0.3 is 0 Å². The molecule has 0 aliphatic heterocycles. The van der Waals surface area contributed by atoms with Gasteiger partial charge in [-0.15, -0.1) is 24.0 Å². The number of aliphatic imine (C=N–C) groups is 1. The number of amides is 1. The van der Waals surface area contributed by atoms with Crippen molar-refractivity contribution in [2.24, 2.45) is 4.99 Å². The van der Waals surface area contributed by atoms with E-state index in [9.17, 15) is 4.79 Å². The van der Waals surface area contributed by atoms with Crippen LogP contribution in [0.1, 0.15) is 34.0 Å². The Morgan fingerprint density at radius 2 is 1.75 bits per heavy atom. The predicted molar refractivity (Wildman–Crippen MR) is 128 cm³/mol. The maximum atomic E-state index is 11.7. The lowest BCUT2D eigenvalue weighted by molar-refractivity contribution is 0.0963. The molecule has 0 aliphatic rings. The number of hydrogen-bond acceptors (Lipinski definition) is 2. The first-order valence-electron chi connectivity index (χ1n) is 9.38. The molecule has 1 amide bonds. The molecule has 2 aromatic carbocycles. The van der Waals surface area contributed by atoms with Gasteiger partial charge in [-0.3, -0.25) is 9.79 Å². The fourth-order valence-electron chi connectivity index (χ4n) is 2.94. The van der Waals surface area contributed by atoms with Gasteiger partial charge in [0.25, 0.3) is 5.91 Å². The lowest BCUT2D eigenvalue weighted by atomic mass is 10.1. The Morgan fingerprint density at radius 1 is 1.07 bits per heavy atom. The highest BCUT2D eigenvalue weighted by atomic mass is 127. The minimum atomic E-state index is -0.0607. The Bertz CT molecular complexity index is 774. The van der Waals surface area contributed by atoms with Crippen LogP contribution in [0.15, 0.2) is 53.5 Å². The standard InChI is InChI=1S/C22H30N4O.HI/c1-5-17-9-11-19(12-10-17)16-26(4)22(24-3)25-14-13-18-7-6-8-20(15-18)21(27)23-2;/h6-12,15H,5,13-14,16H2,1-4H3,(H,23,27)(H,24,25);1H. The molecule has 0 heterocycles. The molecule has 0 bridgehead atoms. The Hall–Kier alpha value is -2.09. The fraction of sp³-hybridized carbons (Fsp3) is 0.364. The average molecular weight is 494 g/mol. The Balaban J connectivity index is 0.00000392.